The number of hydrogen-bond acceptors (Lipinski definition) is 1. The largest absolute Gasteiger partial charge is 0.310 e. The second-order valence-corrected chi connectivity index (χ2v) is 5.80. The minimum Gasteiger partial charge on any atom is -0.310 e. The van der Waals surface area contributed by atoms with Gasteiger partial charge in [-0.1, -0.05) is 13.0 Å². The summed E-state index contributed by atoms with van der Waals surface area (Å²) in [5.74, 6) is -4.33. The van der Waals surface area contributed by atoms with Gasteiger partial charge in [0.1, 0.15) is 0 Å². The molecular formula is C16H21F4N. The minimum atomic E-state index is -2.58. The summed E-state index contributed by atoms with van der Waals surface area (Å²) in [6.45, 7) is 2.72. The molecule has 21 heavy (non-hydrogen) atoms. The molecule has 1 aliphatic carbocycles. The van der Waals surface area contributed by atoms with Gasteiger partial charge in [0.2, 0.25) is 5.92 Å². The fourth-order valence-electron chi connectivity index (χ4n) is 2.96. The topological polar surface area (TPSA) is 12.0 Å². The van der Waals surface area contributed by atoms with Crippen LogP contribution in [0.2, 0.25) is 0 Å². The van der Waals surface area contributed by atoms with Gasteiger partial charge in [-0.3, -0.25) is 0 Å². The Hall–Kier alpha value is -1.10. The van der Waals surface area contributed by atoms with E-state index in [4.69, 9.17) is 0 Å². The molecule has 1 aromatic rings. The van der Waals surface area contributed by atoms with E-state index >= 15 is 0 Å². The van der Waals surface area contributed by atoms with Crippen LogP contribution in [-0.4, -0.2) is 12.5 Å². The van der Waals surface area contributed by atoms with Gasteiger partial charge in [0.25, 0.3) is 0 Å². The molecule has 0 aromatic heterocycles. The molecule has 1 fully saturated rings. The van der Waals surface area contributed by atoms with Crippen molar-refractivity contribution in [1.29, 1.82) is 0 Å². The Labute approximate surface area is 122 Å². The molecule has 2 rings (SSSR count). The molecule has 0 amide bonds. The maximum atomic E-state index is 13.4. The smallest absolute Gasteiger partial charge is 0.248 e. The van der Waals surface area contributed by atoms with Crippen molar-refractivity contribution in [3.05, 3.63) is 35.4 Å². The molecule has 5 heteroatoms. The van der Waals surface area contributed by atoms with Gasteiger partial charge in [-0.2, -0.15) is 0 Å². The van der Waals surface area contributed by atoms with Crippen molar-refractivity contribution in [2.24, 2.45) is 5.92 Å². The maximum Gasteiger partial charge on any atom is 0.248 e. The SMILES string of the molecule is CCCNC(c1ccc(F)c(F)c1)C1CCC(F)(F)CC1. The molecule has 0 saturated heterocycles. The summed E-state index contributed by atoms with van der Waals surface area (Å²) in [5.41, 5.74) is 0.637. The molecule has 1 aliphatic rings. The first-order valence-corrected chi connectivity index (χ1v) is 7.49. The van der Waals surface area contributed by atoms with Crippen LogP contribution < -0.4 is 5.32 Å². The zero-order valence-corrected chi connectivity index (χ0v) is 12.1. The molecule has 1 saturated carbocycles. The lowest BCUT2D eigenvalue weighted by Crippen LogP contribution is -2.34. The van der Waals surface area contributed by atoms with Gasteiger partial charge < -0.3 is 5.32 Å². The van der Waals surface area contributed by atoms with Crippen LogP contribution >= 0.6 is 0 Å². The van der Waals surface area contributed by atoms with Crippen LogP contribution in [0.3, 0.4) is 0 Å². The van der Waals surface area contributed by atoms with Crippen molar-refractivity contribution < 1.29 is 17.6 Å². The first kappa shape index (κ1) is 16.3. The quantitative estimate of drug-likeness (QED) is 0.768. The van der Waals surface area contributed by atoms with Crippen molar-refractivity contribution in [3.8, 4) is 0 Å². The lowest BCUT2D eigenvalue weighted by atomic mass is 9.79. The van der Waals surface area contributed by atoms with Gasteiger partial charge in [0, 0.05) is 18.9 Å². The minimum absolute atomic E-state index is 0.0287. The van der Waals surface area contributed by atoms with Gasteiger partial charge in [0.05, 0.1) is 0 Å². The predicted octanol–water partition coefficient (Wildman–Crippen LogP) is 4.83. The molecule has 0 bridgehead atoms. The summed E-state index contributed by atoms with van der Waals surface area (Å²) in [4.78, 5) is 0. The highest BCUT2D eigenvalue weighted by molar-refractivity contribution is 5.22. The molecule has 1 nitrogen and oxygen atoms in total. The van der Waals surface area contributed by atoms with E-state index in [1.54, 1.807) is 6.07 Å². The Morgan fingerprint density at radius 3 is 2.43 bits per heavy atom. The third-order valence-corrected chi connectivity index (χ3v) is 4.15. The third-order valence-electron chi connectivity index (χ3n) is 4.15. The third kappa shape index (κ3) is 4.19. The second-order valence-electron chi connectivity index (χ2n) is 5.80. The Bertz CT molecular complexity index is 465. The van der Waals surface area contributed by atoms with E-state index in [2.05, 4.69) is 5.32 Å². The highest BCUT2D eigenvalue weighted by Gasteiger charge is 2.37. The van der Waals surface area contributed by atoms with Crippen LogP contribution in [0.1, 0.15) is 50.6 Å². The zero-order valence-electron chi connectivity index (χ0n) is 12.1. The first-order chi connectivity index (χ1) is 9.93. The summed E-state index contributed by atoms with van der Waals surface area (Å²) in [6.07, 6.45) is 1.42. The summed E-state index contributed by atoms with van der Waals surface area (Å²) in [5, 5.41) is 3.30. The van der Waals surface area contributed by atoms with Gasteiger partial charge in [0.15, 0.2) is 11.6 Å². The van der Waals surface area contributed by atoms with Crippen LogP contribution in [-0.2, 0) is 0 Å². The van der Waals surface area contributed by atoms with Gasteiger partial charge in [-0.25, -0.2) is 17.6 Å². The predicted molar refractivity (Wildman–Crippen MR) is 74.3 cm³/mol. The number of nitrogens with one attached hydrogen (secondary N) is 1. The van der Waals surface area contributed by atoms with E-state index < -0.39 is 17.6 Å². The fourth-order valence-corrected chi connectivity index (χ4v) is 2.96. The average molecular weight is 303 g/mol. The molecule has 1 aromatic carbocycles. The summed E-state index contributed by atoms with van der Waals surface area (Å²) < 4.78 is 53.1. The van der Waals surface area contributed by atoms with E-state index in [9.17, 15) is 17.6 Å². The molecule has 0 aliphatic heterocycles. The highest BCUT2D eigenvalue weighted by Crippen LogP contribution is 2.41. The normalized spacial score (nSPS) is 20.4. The number of halogens is 4. The lowest BCUT2D eigenvalue weighted by Gasteiger charge is -2.34. The molecule has 0 spiro atoms. The molecule has 118 valence electrons. The van der Waals surface area contributed by atoms with Crippen LogP contribution in [0.5, 0.6) is 0 Å². The molecule has 0 heterocycles. The number of rotatable bonds is 5. The lowest BCUT2D eigenvalue weighted by molar-refractivity contribution is -0.0497. The van der Waals surface area contributed by atoms with Crippen molar-refractivity contribution in [1.82, 2.24) is 5.32 Å². The summed E-state index contributed by atoms with van der Waals surface area (Å²) in [7, 11) is 0. The average Bonchev–Trinajstić information content (AvgIpc) is 2.44. The number of hydrogen-bond donors (Lipinski definition) is 1. The Kier molecular flexibility index (Phi) is 5.25. The van der Waals surface area contributed by atoms with E-state index in [0.717, 1.165) is 19.0 Å². The molecular weight excluding hydrogens is 282 g/mol. The second kappa shape index (κ2) is 6.77. The van der Waals surface area contributed by atoms with Crippen molar-refractivity contribution in [2.75, 3.05) is 6.54 Å². The van der Waals surface area contributed by atoms with Crippen molar-refractivity contribution in [2.45, 2.75) is 51.0 Å². The zero-order chi connectivity index (χ0) is 15.5. The number of alkyl halides is 2. The van der Waals surface area contributed by atoms with Crippen LogP contribution in [0.15, 0.2) is 18.2 Å². The van der Waals surface area contributed by atoms with Crippen LogP contribution in [0.25, 0.3) is 0 Å². The molecule has 0 radical (unpaired) electrons. The van der Waals surface area contributed by atoms with Gasteiger partial charge in [-0.05, 0) is 49.4 Å². The molecule has 1 atom stereocenters. The maximum absolute atomic E-state index is 13.4. The van der Waals surface area contributed by atoms with Crippen molar-refractivity contribution >= 4 is 0 Å². The highest BCUT2D eigenvalue weighted by atomic mass is 19.3. The van der Waals surface area contributed by atoms with E-state index in [-0.39, 0.29) is 24.8 Å². The van der Waals surface area contributed by atoms with E-state index in [1.807, 2.05) is 6.92 Å². The van der Waals surface area contributed by atoms with Gasteiger partial charge in [-0.15, -0.1) is 0 Å². The van der Waals surface area contributed by atoms with E-state index in [1.165, 1.54) is 6.07 Å². The Morgan fingerprint density at radius 1 is 1.19 bits per heavy atom. The fraction of sp³-hybridized carbons (Fsp3) is 0.625. The monoisotopic (exact) mass is 303 g/mol. The van der Waals surface area contributed by atoms with Gasteiger partial charge >= 0.3 is 0 Å². The van der Waals surface area contributed by atoms with Crippen LogP contribution in [0.4, 0.5) is 17.6 Å². The first-order valence-electron chi connectivity index (χ1n) is 7.49. The van der Waals surface area contributed by atoms with E-state index in [0.29, 0.717) is 18.4 Å². The number of benzene rings is 1. The molecule has 1 N–H and O–H groups in total. The van der Waals surface area contributed by atoms with Crippen molar-refractivity contribution in [3.63, 3.8) is 0 Å². The Morgan fingerprint density at radius 2 is 1.86 bits per heavy atom. The molecule has 1 unspecified atom stereocenters. The standard InChI is InChI=1S/C16H21F4N/c1-2-9-21-15(11-5-7-16(19,20)8-6-11)12-3-4-13(17)14(18)10-12/h3-4,10-11,15,21H,2,5-9H2,1H3. The summed E-state index contributed by atoms with van der Waals surface area (Å²) >= 11 is 0. The Balaban J connectivity index is 2.16. The summed E-state index contributed by atoms with van der Waals surface area (Å²) in [6, 6.07) is 3.62. The van der Waals surface area contributed by atoms with Crippen LogP contribution in [0, 0.1) is 17.6 Å².